The van der Waals surface area contributed by atoms with Gasteiger partial charge in [-0.2, -0.15) is 0 Å². The predicted molar refractivity (Wildman–Crippen MR) is 51.2 cm³/mol. The maximum Gasteiger partial charge on any atom is 0.0133 e. The van der Waals surface area contributed by atoms with Crippen LogP contribution in [0.25, 0.3) is 0 Å². The van der Waals surface area contributed by atoms with Crippen molar-refractivity contribution in [3.63, 3.8) is 0 Å². The summed E-state index contributed by atoms with van der Waals surface area (Å²) < 4.78 is 0. The molecule has 0 spiro atoms. The molecule has 0 aromatic rings. The molecule has 12 heavy (non-hydrogen) atoms. The highest BCUT2D eigenvalue weighted by Gasteiger charge is 2.29. The third kappa shape index (κ3) is 1.64. The van der Waals surface area contributed by atoms with E-state index >= 15 is 0 Å². The van der Waals surface area contributed by atoms with Gasteiger partial charge in [0.2, 0.25) is 0 Å². The number of hydrogen-bond donors (Lipinski definition) is 1. The second kappa shape index (κ2) is 3.75. The van der Waals surface area contributed by atoms with E-state index in [9.17, 15) is 0 Å². The van der Waals surface area contributed by atoms with Crippen LogP contribution in [0.3, 0.4) is 0 Å². The molecule has 0 aliphatic carbocycles. The van der Waals surface area contributed by atoms with Crippen molar-refractivity contribution in [2.75, 3.05) is 26.7 Å². The molecule has 2 heteroatoms. The summed E-state index contributed by atoms with van der Waals surface area (Å²) in [7, 11) is 2.29. The van der Waals surface area contributed by atoms with Gasteiger partial charge in [0.25, 0.3) is 0 Å². The summed E-state index contributed by atoms with van der Waals surface area (Å²) in [6.07, 6.45) is 5.69. The molecule has 2 heterocycles. The zero-order valence-electron chi connectivity index (χ0n) is 8.05. The van der Waals surface area contributed by atoms with E-state index in [1.807, 2.05) is 0 Å². The third-order valence-corrected chi connectivity index (χ3v) is 3.47. The SMILES string of the molecule is CN1CCCCC1C1CCNC1. The zero-order valence-corrected chi connectivity index (χ0v) is 8.05. The minimum absolute atomic E-state index is 0.883. The van der Waals surface area contributed by atoms with Crippen molar-refractivity contribution >= 4 is 0 Å². The lowest BCUT2D eigenvalue weighted by Gasteiger charge is -2.36. The maximum atomic E-state index is 3.46. The van der Waals surface area contributed by atoms with E-state index in [0.29, 0.717) is 0 Å². The van der Waals surface area contributed by atoms with Gasteiger partial charge < -0.3 is 10.2 Å². The number of likely N-dealkylation sites (tertiary alicyclic amines) is 1. The van der Waals surface area contributed by atoms with Gasteiger partial charge in [0, 0.05) is 6.04 Å². The number of hydrogen-bond acceptors (Lipinski definition) is 2. The van der Waals surface area contributed by atoms with Crippen LogP contribution in [0.4, 0.5) is 0 Å². The highest BCUT2D eigenvalue weighted by Crippen LogP contribution is 2.25. The van der Waals surface area contributed by atoms with E-state index < -0.39 is 0 Å². The Labute approximate surface area is 75.3 Å². The fourth-order valence-electron chi connectivity index (χ4n) is 2.70. The molecule has 2 saturated heterocycles. The van der Waals surface area contributed by atoms with Gasteiger partial charge in [-0.05, 0) is 51.9 Å². The van der Waals surface area contributed by atoms with Gasteiger partial charge in [-0.25, -0.2) is 0 Å². The van der Waals surface area contributed by atoms with E-state index in [0.717, 1.165) is 12.0 Å². The van der Waals surface area contributed by atoms with Crippen LogP contribution in [-0.2, 0) is 0 Å². The van der Waals surface area contributed by atoms with Gasteiger partial charge in [0.15, 0.2) is 0 Å². The first-order valence-electron chi connectivity index (χ1n) is 5.29. The molecule has 0 saturated carbocycles. The number of rotatable bonds is 1. The highest BCUT2D eigenvalue weighted by molar-refractivity contribution is 4.85. The molecule has 0 aromatic carbocycles. The molecular formula is C10H20N2. The van der Waals surface area contributed by atoms with Crippen molar-refractivity contribution < 1.29 is 0 Å². The van der Waals surface area contributed by atoms with Crippen LogP contribution in [0.2, 0.25) is 0 Å². The standard InChI is InChI=1S/C10H20N2/c1-12-7-3-2-4-10(12)9-5-6-11-8-9/h9-11H,2-8H2,1H3. The van der Waals surface area contributed by atoms with Crippen LogP contribution in [-0.4, -0.2) is 37.6 Å². The summed E-state index contributed by atoms with van der Waals surface area (Å²) >= 11 is 0. The van der Waals surface area contributed by atoms with Crippen LogP contribution < -0.4 is 5.32 Å². The van der Waals surface area contributed by atoms with Gasteiger partial charge >= 0.3 is 0 Å². The van der Waals surface area contributed by atoms with E-state index in [2.05, 4.69) is 17.3 Å². The summed E-state index contributed by atoms with van der Waals surface area (Å²) in [6.45, 7) is 3.82. The molecule has 0 bridgehead atoms. The number of piperidine rings is 1. The monoisotopic (exact) mass is 168 g/mol. The van der Waals surface area contributed by atoms with Gasteiger partial charge in [-0.3, -0.25) is 0 Å². The Kier molecular flexibility index (Phi) is 2.66. The van der Waals surface area contributed by atoms with Crippen LogP contribution >= 0.6 is 0 Å². The van der Waals surface area contributed by atoms with Gasteiger partial charge in [0.1, 0.15) is 0 Å². The molecule has 2 aliphatic rings. The lowest BCUT2D eigenvalue weighted by molar-refractivity contribution is 0.136. The Bertz CT molecular complexity index is 141. The average Bonchev–Trinajstić information content (AvgIpc) is 2.57. The number of nitrogens with zero attached hydrogens (tertiary/aromatic N) is 1. The second-order valence-electron chi connectivity index (χ2n) is 4.30. The van der Waals surface area contributed by atoms with E-state index in [4.69, 9.17) is 0 Å². The first kappa shape index (κ1) is 8.52. The fraction of sp³-hybridized carbons (Fsp3) is 1.00. The smallest absolute Gasteiger partial charge is 0.0133 e. The van der Waals surface area contributed by atoms with Crippen molar-refractivity contribution in [1.29, 1.82) is 0 Å². The zero-order chi connectivity index (χ0) is 8.39. The third-order valence-electron chi connectivity index (χ3n) is 3.47. The Morgan fingerprint density at radius 2 is 2.17 bits per heavy atom. The molecule has 2 fully saturated rings. The topological polar surface area (TPSA) is 15.3 Å². The van der Waals surface area contributed by atoms with E-state index in [1.165, 1.54) is 45.3 Å². The van der Waals surface area contributed by atoms with Crippen molar-refractivity contribution in [3.05, 3.63) is 0 Å². The predicted octanol–water partition coefficient (Wildman–Crippen LogP) is 1.08. The van der Waals surface area contributed by atoms with Crippen LogP contribution in [0.15, 0.2) is 0 Å². The summed E-state index contributed by atoms with van der Waals surface area (Å²) in [6, 6.07) is 0.883. The quantitative estimate of drug-likeness (QED) is 0.630. The Morgan fingerprint density at radius 3 is 2.83 bits per heavy atom. The van der Waals surface area contributed by atoms with Crippen LogP contribution in [0, 0.1) is 5.92 Å². The fourth-order valence-corrected chi connectivity index (χ4v) is 2.70. The second-order valence-corrected chi connectivity index (χ2v) is 4.30. The number of nitrogens with one attached hydrogen (secondary N) is 1. The lowest BCUT2D eigenvalue weighted by atomic mass is 9.90. The lowest BCUT2D eigenvalue weighted by Crippen LogP contribution is -2.42. The molecule has 2 unspecified atom stereocenters. The summed E-state index contributed by atoms with van der Waals surface area (Å²) in [5.74, 6) is 0.940. The molecule has 1 N–H and O–H groups in total. The Morgan fingerprint density at radius 1 is 1.25 bits per heavy atom. The Balaban J connectivity index is 1.91. The summed E-state index contributed by atoms with van der Waals surface area (Å²) in [5.41, 5.74) is 0. The van der Waals surface area contributed by atoms with Gasteiger partial charge in [0.05, 0.1) is 0 Å². The molecule has 2 aliphatic heterocycles. The molecular weight excluding hydrogens is 148 g/mol. The summed E-state index contributed by atoms with van der Waals surface area (Å²) in [4.78, 5) is 2.57. The van der Waals surface area contributed by atoms with Crippen LogP contribution in [0.1, 0.15) is 25.7 Å². The molecule has 70 valence electrons. The molecule has 2 nitrogen and oxygen atoms in total. The highest BCUT2D eigenvalue weighted by atomic mass is 15.1. The first-order chi connectivity index (χ1) is 5.88. The average molecular weight is 168 g/mol. The molecule has 2 rings (SSSR count). The van der Waals surface area contributed by atoms with Crippen molar-refractivity contribution in [3.8, 4) is 0 Å². The molecule has 2 atom stereocenters. The van der Waals surface area contributed by atoms with Gasteiger partial charge in [-0.1, -0.05) is 6.42 Å². The normalized spacial score (nSPS) is 38.8. The maximum absolute atomic E-state index is 3.46. The van der Waals surface area contributed by atoms with Crippen molar-refractivity contribution in [1.82, 2.24) is 10.2 Å². The Hall–Kier alpha value is -0.0800. The van der Waals surface area contributed by atoms with E-state index in [-0.39, 0.29) is 0 Å². The van der Waals surface area contributed by atoms with E-state index in [1.54, 1.807) is 0 Å². The minimum atomic E-state index is 0.883. The largest absolute Gasteiger partial charge is 0.316 e. The van der Waals surface area contributed by atoms with Crippen molar-refractivity contribution in [2.24, 2.45) is 5.92 Å². The van der Waals surface area contributed by atoms with Crippen LogP contribution in [0.5, 0.6) is 0 Å². The molecule has 0 aromatic heterocycles. The first-order valence-corrected chi connectivity index (χ1v) is 5.29. The minimum Gasteiger partial charge on any atom is -0.316 e. The molecule has 0 radical (unpaired) electrons. The van der Waals surface area contributed by atoms with Crippen molar-refractivity contribution in [2.45, 2.75) is 31.7 Å². The summed E-state index contributed by atoms with van der Waals surface area (Å²) in [5, 5.41) is 3.46. The van der Waals surface area contributed by atoms with Gasteiger partial charge in [-0.15, -0.1) is 0 Å². The molecule has 0 amide bonds.